The summed E-state index contributed by atoms with van der Waals surface area (Å²) in [4.78, 5) is 30.1. The summed E-state index contributed by atoms with van der Waals surface area (Å²) in [6, 6.07) is 5.38. The van der Waals surface area contributed by atoms with Crippen LogP contribution in [0.2, 0.25) is 5.02 Å². The highest BCUT2D eigenvalue weighted by Gasteiger charge is 2.27. The first kappa shape index (κ1) is 21.1. The number of ether oxygens (including phenoxy) is 1. The van der Waals surface area contributed by atoms with Gasteiger partial charge in [-0.2, -0.15) is 0 Å². The van der Waals surface area contributed by atoms with Crippen LogP contribution in [0, 0.1) is 0 Å². The topological polar surface area (TPSA) is 73.2 Å². The Morgan fingerprint density at radius 1 is 1.39 bits per heavy atom. The van der Waals surface area contributed by atoms with Crippen molar-refractivity contribution in [2.45, 2.75) is 69.1 Å². The highest BCUT2D eigenvalue weighted by atomic mass is 35.5. The van der Waals surface area contributed by atoms with Crippen LogP contribution in [0.4, 0.5) is 0 Å². The number of fused-ring (bicyclic) bond motifs is 1. The molecule has 6 nitrogen and oxygen atoms in total. The molecule has 1 aliphatic carbocycles. The largest absolute Gasteiger partial charge is 0.379 e. The summed E-state index contributed by atoms with van der Waals surface area (Å²) in [5.74, 6) is -0.0253. The van der Waals surface area contributed by atoms with Gasteiger partial charge in [0.1, 0.15) is 0 Å². The summed E-state index contributed by atoms with van der Waals surface area (Å²) in [7, 11) is 0. The molecular formula is C20H26ClN3O3S. The lowest BCUT2D eigenvalue weighted by Gasteiger charge is -2.17. The maximum atomic E-state index is 13.1. The maximum Gasteiger partial charge on any atom is 0.262 e. The number of thioether (sulfide) groups is 1. The van der Waals surface area contributed by atoms with Crippen LogP contribution in [0.25, 0.3) is 10.9 Å². The van der Waals surface area contributed by atoms with Gasteiger partial charge in [-0.05, 0) is 58.2 Å². The Kier molecular flexibility index (Phi) is 7.01. The minimum absolute atomic E-state index is 0.0253. The zero-order chi connectivity index (χ0) is 20.3. The third-order valence-electron chi connectivity index (χ3n) is 4.43. The molecule has 1 fully saturated rings. The van der Waals surface area contributed by atoms with Gasteiger partial charge < -0.3 is 10.1 Å². The van der Waals surface area contributed by atoms with Crippen LogP contribution in [0.15, 0.2) is 28.2 Å². The fraction of sp³-hybridized carbons (Fsp3) is 0.550. The van der Waals surface area contributed by atoms with Crippen molar-refractivity contribution in [3.63, 3.8) is 0 Å². The van der Waals surface area contributed by atoms with E-state index in [4.69, 9.17) is 16.3 Å². The third-order valence-corrected chi connectivity index (χ3v) is 5.76. The standard InChI is InChI=1S/C20H26ClN3O3S/c1-12(2)27-10-4-9-24-19(26)16-8-5-14(21)11-17(16)23-20(24)28-13(3)18(25)22-15-6-7-15/h5,8,11-13,15H,4,6-7,9-10H2,1-3H3,(H,22,25)/t13-/m1/s1. The van der Waals surface area contributed by atoms with Gasteiger partial charge in [0.15, 0.2) is 5.16 Å². The molecule has 1 aromatic heterocycles. The van der Waals surface area contributed by atoms with E-state index in [-0.39, 0.29) is 22.8 Å². The Balaban J connectivity index is 1.86. The molecule has 1 aliphatic rings. The predicted molar refractivity (Wildman–Crippen MR) is 113 cm³/mol. The third kappa shape index (κ3) is 5.49. The Labute approximate surface area is 174 Å². The zero-order valence-electron chi connectivity index (χ0n) is 16.4. The van der Waals surface area contributed by atoms with E-state index in [9.17, 15) is 9.59 Å². The first-order valence-corrected chi connectivity index (χ1v) is 10.9. The van der Waals surface area contributed by atoms with Gasteiger partial charge in [-0.3, -0.25) is 14.2 Å². The quantitative estimate of drug-likeness (QED) is 0.379. The molecular weight excluding hydrogens is 398 g/mol. The summed E-state index contributed by atoms with van der Waals surface area (Å²) in [6.07, 6.45) is 2.91. The lowest BCUT2D eigenvalue weighted by molar-refractivity contribution is -0.120. The lowest BCUT2D eigenvalue weighted by Crippen LogP contribution is -2.33. The van der Waals surface area contributed by atoms with Crippen LogP contribution in [0.5, 0.6) is 0 Å². The van der Waals surface area contributed by atoms with Gasteiger partial charge in [0.25, 0.3) is 5.56 Å². The number of halogens is 1. The number of nitrogens with zero attached hydrogens (tertiary/aromatic N) is 2. The molecule has 3 rings (SSSR count). The van der Waals surface area contributed by atoms with Crippen molar-refractivity contribution in [2.75, 3.05) is 6.61 Å². The number of aromatic nitrogens is 2. The van der Waals surface area contributed by atoms with Crippen LogP contribution in [0.3, 0.4) is 0 Å². The molecule has 1 atom stereocenters. The first-order valence-electron chi connectivity index (χ1n) is 9.64. The number of hydrogen-bond donors (Lipinski definition) is 1. The Bertz CT molecular complexity index is 911. The molecule has 28 heavy (non-hydrogen) atoms. The van der Waals surface area contributed by atoms with Gasteiger partial charge in [-0.1, -0.05) is 23.4 Å². The summed E-state index contributed by atoms with van der Waals surface area (Å²) in [6.45, 7) is 6.84. The molecule has 152 valence electrons. The number of nitrogens with one attached hydrogen (secondary N) is 1. The number of benzene rings is 1. The molecule has 0 bridgehead atoms. The summed E-state index contributed by atoms with van der Waals surface area (Å²) in [5, 5.41) is 4.24. The second-order valence-electron chi connectivity index (χ2n) is 7.33. The van der Waals surface area contributed by atoms with Gasteiger partial charge in [0.2, 0.25) is 5.91 Å². The average Bonchev–Trinajstić information content (AvgIpc) is 3.44. The van der Waals surface area contributed by atoms with Crippen molar-refractivity contribution in [2.24, 2.45) is 0 Å². The SMILES string of the molecule is CC(C)OCCCn1c(S[C@H](C)C(=O)NC2CC2)nc2cc(Cl)ccc2c1=O. The van der Waals surface area contributed by atoms with Crippen molar-refractivity contribution in [1.29, 1.82) is 0 Å². The molecule has 0 saturated heterocycles. The summed E-state index contributed by atoms with van der Waals surface area (Å²) in [5.41, 5.74) is 0.424. The van der Waals surface area contributed by atoms with E-state index in [1.807, 2.05) is 20.8 Å². The molecule has 8 heteroatoms. The molecule has 2 aromatic rings. The van der Waals surface area contributed by atoms with Crippen LogP contribution >= 0.6 is 23.4 Å². The smallest absolute Gasteiger partial charge is 0.262 e. The molecule has 1 aromatic carbocycles. The van der Waals surface area contributed by atoms with Gasteiger partial charge >= 0.3 is 0 Å². The van der Waals surface area contributed by atoms with Crippen molar-refractivity contribution in [3.8, 4) is 0 Å². The van der Waals surface area contributed by atoms with Crippen molar-refractivity contribution in [1.82, 2.24) is 14.9 Å². The molecule has 1 amide bonds. The van der Waals surface area contributed by atoms with Crippen LogP contribution in [-0.4, -0.2) is 39.5 Å². The van der Waals surface area contributed by atoms with Crippen LogP contribution in [-0.2, 0) is 16.1 Å². The maximum absolute atomic E-state index is 13.1. The summed E-state index contributed by atoms with van der Waals surface area (Å²) < 4.78 is 7.24. The number of hydrogen-bond acceptors (Lipinski definition) is 5. The molecule has 1 heterocycles. The molecule has 1 N–H and O–H groups in total. The highest BCUT2D eigenvalue weighted by molar-refractivity contribution is 8.00. The Morgan fingerprint density at radius 2 is 2.14 bits per heavy atom. The van der Waals surface area contributed by atoms with E-state index in [1.54, 1.807) is 22.8 Å². The zero-order valence-corrected chi connectivity index (χ0v) is 18.0. The fourth-order valence-electron chi connectivity index (χ4n) is 2.76. The van der Waals surface area contributed by atoms with E-state index in [2.05, 4.69) is 10.3 Å². The van der Waals surface area contributed by atoms with Gasteiger partial charge in [0.05, 0.1) is 22.3 Å². The molecule has 0 aliphatic heterocycles. The van der Waals surface area contributed by atoms with Gasteiger partial charge in [-0.15, -0.1) is 0 Å². The van der Waals surface area contributed by atoms with Gasteiger partial charge in [0, 0.05) is 24.2 Å². The number of rotatable bonds is 9. The van der Waals surface area contributed by atoms with Crippen LogP contribution < -0.4 is 10.9 Å². The van der Waals surface area contributed by atoms with Crippen LogP contribution in [0.1, 0.15) is 40.0 Å². The molecule has 0 spiro atoms. The molecule has 0 radical (unpaired) electrons. The minimum atomic E-state index is -0.345. The molecule has 0 unspecified atom stereocenters. The van der Waals surface area contributed by atoms with E-state index in [1.165, 1.54) is 11.8 Å². The average molecular weight is 424 g/mol. The number of carbonyl (C=O) groups is 1. The van der Waals surface area contributed by atoms with Crippen molar-refractivity contribution >= 4 is 40.2 Å². The Hall–Kier alpha value is -1.57. The second kappa shape index (κ2) is 9.29. The van der Waals surface area contributed by atoms with E-state index >= 15 is 0 Å². The molecule has 1 saturated carbocycles. The van der Waals surface area contributed by atoms with E-state index in [0.29, 0.717) is 46.7 Å². The van der Waals surface area contributed by atoms with Crippen molar-refractivity contribution in [3.05, 3.63) is 33.6 Å². The predicted octanol–water partition coefficient (Wildman–Crippen LogP) is 3.62. The Morgan fingerprint density at radius 3 is 2.82 bits per heavy atom. The highest BCUT2D eigenvalue weighted by Crippen LogP contribution is 2.26. The fourth-order valence-corrected chi connectivity index (χ4v) is 3.87. The van der Waals surface area contributed by atoms with E-state index in [0.717, 1.165) is 12.8 Å². The normalized spacial score (nSPS) is 15.2. The second-order valence-corrected chi connectivity index (χ2v) is 9.07. The monoisotopic (exact) mass is 423 g/mol. The van der Waals surface area contributed by atoms with Gasteiger partial charge in [-0.25, -0.2) is 4.98 Å². The first-order chi connectivity index (χ1) is 13.3. The lowest BCUT2D eigenvalue weighted by atomic mass is 10.2. The number of carbonyl (C=O) groups excluding carboxylic acids is 1. The van der Waals surface area contributed by atoms with Crippen molar-refractivity contribution < 1.29 is 9.53 Å². The van der Waals surface area contributed by atoms with E-state index < -0.39 is 0 Å². The summed E-state index contributed by atoms with van der Waals surface area (Å²) >= 11 is 7.38. The minimum Gasteiger partial charge on any atom is -0.379 e. The number of amides is 1.